The number of aromatic amines is 1. The topological polar surface area (TPSA) is 65.5 Å². The SMILES string of the molecule is CN=C(NCCCc1nc2ccccc2[nH]1)N1CCC2(CCOC2)C1.I. The highest BCUT2D eigenvalue weighted by atomic mass is 127. The molecule has 1 spiro atoms. The van der Waals surface area contributed by atoms with E-state index in [1.165, 1.54) is 12.8 Å². The zero-order chi connectivity index (χ0) is 17.1. The minimum Gasteiger partial charge on any atom is -0.381 e. The average molecular weight is 469 g/mol. The highest BCUT2D eigenvalue weighted by Gasteiger charge is 2.42. The molecule has 142 valence electrons. The Morgan fingerprint density at radius 1 is 1.38 bits per heavy atom. The molecule has 7 heteroatoms. The maximum Gasteiger partial charge on any atom is 0.193 e. The Balaban J connectivity index is 0.00000196. The van der Waals surface area contributed by atoms with Gasteiger partial charge in [0.1, 0.15) is 5.82 Å². The molecule has 1 aromatic heterocycles. The Hall–Kier alpha value is -1.35. The van der Waals surface area contributed by atoms with Crippen LogP contribution < -0.4 is 5.32 Å². The van der Waals surface area contributed by atoms with E-state index in [9.17, 15) is 0 Å². The second-order valence-electron chi connectivity index (χ2n) is 7.25. The molecular formula is C19H28IN5O. The number of halogens is 1. The number of rotatable bonds is 4. The van der Waals surface area contributed by atoms with Crippen molar-refractivity contribution in [2.75, 3.05) is 39.9 Å². The van der Waals surface area contributed by atoms with Crippen molar-refractivity contribution in [3.63, 3.8) is 0 Å². The van der Waals surface area contributed by atoms with E-state index < -0.39 is 0 Å². The maximum absolute atomic E-state index is 5.62. The second-order valence-corrected chi connectivity index (χ2v) is 7.25. The highest BCUT2D eigenvalue weighted by Crippen LogP contribution is 2.38. The second kappa shape index (κ2) is 8.56. The van der Waals surface area contributed by atoms with Gasteiger partial charge in [-0.25, -0.2) is 4.98 Å². The van der Waals surface area contributed by atoms with Crippen LogP contribution in [0, 0.1) is 5.41 Å². The third-order valence-corrected chi connectivity index (χ3v) is 5.45. The molecule has 2 aliphatic rings. The molecule has 4 rings (SSSR count). The van der Waals surface area contributed by atoms with Crippen molar-refractivity contribution >= 4 is 41.0 Å². The van der Waals surface area contributed by atoms with Gasteiger partial charge < -0.3 is 19.9 Å². The molecule has 6 nitrogen and oxygen atoms in total. The fraction of sp³-hybridized carbons (Fsp3) is 0.579. The summed E-state index contributed by atoms with van der Waals surface area (Å²) in [6.07, 6.45) is 4.37. The Morgan fingerprint density at radius 2 is 2.27 bits per heavy atom. The first-order chi connectivity index (χ1) is 12.3. The van der Waals surface area contributed by atoms with E-state index in [4.69, 9.17) is 4.74 Å². The fourth-order valence-electron chi connectivity index (χ4n) is 4.00. The summed E-state index contributed by atoms with van der Waals surface area (Å²) in [5.74, 6) is 2.08. The minimum absolute atomic E-state index is 0. The number of fused-ring (bicyclic) bond motifs is 1. The van der Waals surface area contributed by atoms with Crippen LogP contribution in [-0.4, -0.2) is 60.7 Å². The molecule has 1 unspecified atom stereocenters. The first kappa shape index (κ1) is 19.4. The van der Waals surface area contributed by atoms with Crippen molar-refractivity contribution in [2.45, 2.75) is 25.7 Å². The van der Waals surface area contributed by atoms with Gasteiger partial charge in [0, 0.05) is 45.1 Å². The Kier molecular flexibility index (Phi) is 6.39. The Labute approximate surface area is 171 Å². The van der Waals surface area contributed by atoms with Crippen molar-refractivity contribution in [1.29, 1.82) is 0 Å². The van der Waals surface area contributed by atoms with Crippen LogP contribution in [0.15, 0.2) is 29.3 Å². The quantitative estimate of drug-likeness (QED) is 0.313. The predicted molar refractivity (Wildman–Crippen MR) is 115 cm³/mol. The standard InChI is InChI=1S/C19H27N5O.HI/c1-20-18(24-11-8-19(13-24)9-12-25-14-19)21-10-4-7-17-22-15-5-2-3-6-16(15)23-17;/h2-3,5-6H,4,7-14H2,1H3,(H,20,21)(H,22,23);1H. The molecule has 1 aromatic carbocycles. The number of para-hydroxylation sites is 2. The van der Waals surface area contributed by atoms with Crippen LogP contribution >= 0.6 is 24.0 Å². The number of H-pyrrole nitrogens is 1. The van der Waals surface area contributed by atoms with Gasteiger partial charge in [0.25, 0.3) is 0 Å². The van der Waals surface area contributed by atoms with Crippen LogP contribution in [0.4, 0.5) is 0 Å². The third-order valence-electron chi connectivity index (χ3n) is 5.45. The Bertz CT molecular complexity index is 720. The molecule has 0 aliphatic carbocycles. The number of guanidine groups is 1. The molecule has 3 heterocycles. The summed E-state index contributed by atoms with van der Waals surface area (Å²) < 4.78 is 5.62. The van der Waals surface area contributed by atoms with Crippen LogP contribution in [0.25, 0.3) is 11.0 Å². The zero-order valence-corrected chi connectivity index (χ0v) is 17.7. The van der Waals surface area contributed by atoms with Gasteiger partial charge in [-0.1, -0.05) is 12.1 Å². The number of aromatic nitrogens is 2. The number of imidazole rings is 1. The van der Waals surface area contributed by atoms with E-state index >= 15 is 0 Å². The van der Waals surface area contributed by atoms with E-state index in [0.717, 1.165) is 68.5 Å². The lowest BCUT2D eigenvalue weighted by Crippen LogP contribution is -2.41. The maximum atomic E-state index is 5.62. The lowest BCUT2D eigenvalue weighted by atomic mass is 9.87. The average Bonchev–Trinajstić information content (AvgIpc) is 3.36. The van der Waals surface area contributed by atoms with Crippen molar-refractivity contribution < 1.29 is 4.74 Å². The number of hydrogen-bond donors (Lipinski definition) is 2. The van der Waals surface area contributed by atoms with Gasteiger partial charge >= 0.3 is 0 Å². The largest absolute Gasteiger partial charge is 0.381 e. The minimum atomic E-state index is 0. The van der Waals surface area contributed by atoms with E-state index in [1.54, 1.807) is 0 Å². The van der Waals surface area contributed by atoms with Gasteiger partial charge in [0.05, 0.1) is 17.6 Å². The molecule has 2 saturated heterocycles. The molecule has 2 N–H and O–H groups in total. The number of ether oxygens (including phenoxy) is 1. The zero-order valence-electron chi connectivity index (χ0n) is 15.3. The summed E-state index contributed by atoms with van der Waals surface area (Å²) in [7, 11) is 1.87. The number of nitrogens with one attached hydrogen (secondary N) is 2. The van der Waals surface area contributed by atoms with Crippen LogP contribution in [0.2, 0.25) is 0 Å². The summed E-state index contributed by atoms with van der Waals surface area (Å²) in [4.78, 5) is 14.9. The summed E-state index contributed by atoms with van der Waals surface area (Å²) >= 11 is 0. The lowest BCUT2D eigenvalue weighted by molar-refractivity contribution is 0.156. The van der Waals surface area contributed by atoms with Gasteiger partial charge in [0.15, 0.2) is 5.96 Å². The van der Waals surface area contributed by atoms with Crippen molar-refractivity contribution in [3.05, 3.63) is 30.1 Å². The van der Waals surface area contributed by atoms with Gasteiger partial charge in [-0.05, 0) is 31.4 Å². The van der Waals surface area contributed by atoms with Crippen LogP contribution in [0.3, 0.4) is 0 Å². The van der Waals surface area contributed by atoms with Crippen LogP contribution in [-0.2, 0) is 11.2 Å². The number of aryl methyl sites for hydroxylation is 1. The fourth-order valence-corrected chi connectivity index (χ4v) is 4.00. The van der Waals surface area contributed by atoms with Gasteiger partial charge in [-0.15, -0.1) is 24.0 Å². The van der Waals surface area contributed by atoms with Crippen molar-refractivity contribution in [1.82, 2.24) is 20.2 Å². The molecule has 26 heavy (non-hydrogen) atoms. The van der Waals surface area contributed by atoms with E-state index in [2.05, 4.69) is 31.2 Å². The molecule has 2 aromatic rings. The molecule has 0 bridgehead atoms. The first-order valence-electron chi connectivity index (χ1n) is 9.25. The molecule has 0 saturated carbocycles. The van der Waals surface area contributed by atoms with E-state index in [-0.39, 0.29) is 24.0 Å². The highest BCUT2D eigenvalue weighted by molar-refractivity contribution is 14.0. The van der Waals surface area contributed by atoms with Crippen LogP contribution in [0.1, 0.15) is 25.1 Å². The van der Waals surface area contributed by atoms with Gasteiger partial charge in [-0.2, -0.15) is 0 Å². The van der Waals surface area contributed by atoms with Crippen LogP contribution in [0.5, 0.6) is 0 Å². The summed E-state index contributed by atoms with van der Waals surface area (Å²) in [6, 6.07) is 8.18. The van der Waals surface area contributed by atoms with Gasteiger partial charge in [0.2, 0.25) is 0 Å². The normalized spacial score (nSPS) is 23.0. The molecule has 0 radical (unpaired) electrons. The smallest absolute Gasteiger partial charge is 0.193 e. The predicted octanol–water partition coefficient (Wildman–Crippen LogP) is 2.80. The monoisotopic (exact) mass is 469 g/mol. The number of benzene rings is 1. The number of hydrogen-bond acceptors (Lipinski definition) is 3. The summed E-state index contributed by atoms with van der Waals surface area (Å²) in [6.45, 7) is 4.87. The third kappa shape index (κ3) is 4.14. The molecule has 1 atom stereocenters. The van der Waals surface area contributed by atoms with Crippen molar-refractivity contribution in [3.8, 4) is 0 Å². The summed E-state index contributed by atoms with van der Waals surface area (Å²) in [5.41, 5.74) is 2.52. The van der Waals surface area contributed by atoms with E-state index in [1.807, 2.05) is 25.2 Å². The molecule has 0 amide bonds. The first-order valence-corrected chi connectivity index (χ1v) is 9.25. The number of aliphatic imine (C=N–C) groups is 1. The Morgan fingerprint density at radius 3 is 3.04 bits per heavy atom. The van der Waals surface area contributed by atoms with E-state index in [0.29, 0.717) is 5.41 Å². The summed E-state index contributed by atoms with van der Waals surface area (Å²) in [5, 5.41) is 3.52. The number of likely N-dealkylation sites (tertiary alicyclic amines) is 1. The number of nitrogens with zero attached hydrogens (tertiary/aromatic N) is 3. The van der Waals surface area contributed by atoms with Gasteiger partial charge in [-0.3, -0.25) is 4.99 Å². The molecule has 2 aliphatic heterocycles. The molecule has 2 fully saturated rings. The van der Waals surface area contributed by atoms with Crippen molar-refractivity contribution in [2.24, 2.45) is 10.4 Å². The molecular weight excluding hydrogens is 441 g/mol. The lowest BCUT2D eigenvalue weighted by Gasteiger charge is -2.24.